The molecule has 3 atom stereocenters. The number of nitrogens with one attached hydrogen (secondary N) is 2. The predicted molar refractivity (Wildman–Crippen MR) is 77.2 cm³/mol. The third-order valence-electron chi connectivity index (χ3n) is 4.37. The lowest BCUT2D eigenvalue weighted by atomic mass is 10.1. The fourth-order valence-corrected chi connectivity index (χ4v) is 3.36. The zero-order valence-electron chi connectivity index (χ0n) is 12.2. The highest BCUT2D eigenvalue weighted by Gasteiger charge is 2.40. The zero-order valence-corrected chi connectivity index (χ0v) is 12.2. The number of hydrogen-bond donors (Lipinski definition) is 3. The Hall–Kier alpha value is -1.30. The first kappa shape index (κ1) is 15.1. The maximum atomic E-state index is 12.8. The number of fused-ring (bicyclic) bond motifs is 2. The monoisotopic (exact) mass is 282 g/mol. The van der Waals surface area contributed by atoms with Crippen molar-refractivity contribution < 1.29 is 9.59 Å². The molecular formula is C14H26N4O2. The molecule has 0 radical (unpaired) electrons. The number of urea groups is 1. The Morgan fingerprint density at radius 2 is 2.10 bits per heavy atom. The number of carbonyl (C=O) groups excluding carboxylic acids is 2. The maximum absolute atomic E-state index is 12.8. The van der Waals surface area contributed by atoms with Gasteiger partial charge in [-0.2, -0.15) is 0 Å². The van der Waals surface area contributed by atoms with Crippen molar-refractivity contribution >= 4 is 11.9 Å². The highest BCUT2D eigenvalue weighted by Crippen LogP contribution is 2.29. The van der Waals surface area contributed by atoms with Crippen molar-refractivity contribution in [1.29, 1.82) is 0 Å². The molecule has 2 heterocycles. The summed E-state index contributed by atoms with van der Waals surface area (Å²) in [5.74, 6) is 0.0495. The molecule has 6 heteroatoms. The number of rotatable bonds is 5. The quantitative estimate of drug-likeness (QED) is 0.689. The van der Waals surface area contributed by atoms with Crippen LogP contribution < -0.4 is 16.4 Å². The molecule has 2 bridgehead atoms. The van der Waals surface area contributed by atoms with Crippen LogP contribution >= 0.6 is 0 Å². The van der Waals surface area contributed by atoms with E-state index in [0.717, 1.165) is 45.2 Å². The molecule has 4 N–H and O–H groups in total. The molecule has 0 aliphatic carbocycles. The van der Waals surface area contributed by atoms with E-state index in [4.69, 9.17) is 5.73 Å². The third kappa shape index (κ3) is 3.42. The molecule has 2 aliphatic rings. The van der Waals surface area contributed by atoms with Crippen LogP contribution in [0.2, 0.25) is 0 Å². The normalized spacial score (nSPS) is 26.9. The second-order valence-electron chi connectivity index (χ2n) is 5.83. The lowest BCUT2D eigenvalue weighted by Gasteiger charge is -2.31. The van der Waals surface area contributed by atoms with Crippen molar-refractivity contribution in [2.45, 2.75) is 63.6 Å². The second-order valence-corrected chi connectivity index (χ2v) is 5.83. The Morgan fingerprint density at radius 3 is 2.80 bits per heavy atom. The molecular weight excluding hydrogens is 256 g/mol. The van der Waals surface area contributed by atoms with Crippen LogP contribution in [0, 0.1) is 0 Å². The summed E-state index contributed by atoms with van der Waals surface area (Å²) in [4.78, 5) is 25.9. The summed E-state index contributed by atoms with van der Waals surface area (Å²) in [5, 5.41) is 6.01. The van der Waals surface area contributed by atoms with E-state index in [1.807, 2.05) is 4.90 Å². The van der Waals surface area contributed by atoms with Gasteiger partial charge in [-0.05, 0) is 32.2 Å². The molecule has 0 aromatic carbocycles. The van der Waals surface area contributed by atoms with Crippen LogP contribution in [0.3, 0.4) is 0 Å². The van der Waals surface area contributed by atoms with Crippen molar-refractivity contribution in [2.24, 2.45) is 5.73 Å². The first-order chi connectivity index (χ1) is 9.63. The predicted octanol–water partition coefficient (Wildman–Crippen LogP) is 0.566. The average Bonchev–Trinajstić information content (AvgIpc) is 2.66. The van der Waals surface area contributed by atoms with Gasteiger partial charge in [-0.15, -0.1) is 0 Å². The van der Waals surface area contributed by atoms with E-state index in [-0.39, 0.29) is 11.9 Å². The topological polar surface area (TPSA) is 87.5 Å². The molecule has 2 saturated heterocycles. The smallest absolute Gasteiger partial charge is 0.312 e. The lowest BCUT2D eigenvalue weighted by Crippen LogP contribution is -2.53. The van der Waals surface area contributed by atoms with E-state index in [1.165, 1.54) is 0 Å². The fraction of sp³-hybridized carbons (Fsp3) is 0.857. The molecule has 2 rings (SSSR count). The number of nitrogens with two attached hydrogens (primary N) is 1. The van der Waals surface area contributed by atoms with E-state index in [1.54, 1.807) is 0 Å². The van der Waals surface area contributed by atoms with Gasteiger partial charge in [0.2, 0.25) is 5.91 Å². The van der Waals surface area contributed by atoms with Crippen molar-refractivity contribution in [3.63, 3.8) is 0 Å². The summed E-state index contributed by atoms with van der Waals surface area (Å²) in [5.41, 5.74) is 5.22. The van der Waals surface area contributed by atoms with Crippen molar-refractivity contribution in [1.82, 2.24) is 15.5 Å². The number of nitrogens with zero attached hydrogens (tertiary/aromatic N) is 1. The second kappa shape index (κ2) is 6.92. The maximum Gasteiger partial charge on any atom is 0.312 e. The van der Waals surface area contributed by atoms with E-state index < -0.39 is 12.1 Å². The Bertz CT molecular complexity index is 347. The lowest BCUT2D eigenvalue weighted by molar-refractivity contribution is -0.136. The van der Waals surface area contributed by atoms with Crippen molar-refractivity contribution in [3.05, 3.63) is 0 Å². The number of unbranched alkanes of at least 4 members (excludes halogenated alkanes) is 1. The van der Waals surface area contributed by atoms with Crippen LogP contribution in [0.25, 0.3) is 0 Å². The summed E-state index contributed by atoms with van der Waals surface area (Å²) >= 11 is 0. The van der Waals surface area contributed by atoms with Gasteiger partial charge in [0.1, 0.15) is 6.04 Å². The van der Waals surface area contributed by atoms with Gasteiger partial charge in [0.05, 0.1) is 0 Å². The Labute approximate surface area is 120 Å². The summed E-state index contributed by atoms with van der Waals surface area (Å²) in [7, 11) is 0. The van der Waals surface area contributed by atoms with Gasteiger partial charge >= 0.3 is 6.03 Å². The average molecular weight is 282 g/mol. The molecule has 0 aromatic rings. The summed E-state index contributed by atoms with van der Waals surface area (Å²) < 4.78 is 0. The van der Waals surface area contributed by atoms with Crippen LogP contribution in [0.5, 0.6) is 0 Å². The minimum Gasteiger partial charge on any atom is -0.352 e. The number of carbonyl (C=O) groups is 2. The van der Waals surface area contributed by atoms with Crippen LogP contribution in [0.15, 0.2) is 0 Å². The van der Waals surface area contributed by atoms with Gasteiger partial charge in [0.25, 0.3) is 0 Å². The largest absolute Gasteiger partial charge is 0.352 e. The van der Waals surface area contributed by atoms with E-state index in [9.17, 15) is 9.59 Å². The van der Waals surface area contributed by atoms with Crippen molar-refractivity contribution in [3.8, 4) is 0 Å². The Balaban J connectivity index is 2.07. The summed E-state index contributed by atoms with van der Waals surface area (Å²) in [6.07, 6.45) is 5.72. The third-order valence-corrected chi connectivity index (χ3v) is 4.37. The molecule has 6 nitrogen and oxygen atoms in total. The first-order valence-corrected chi connectivity index (χ1v) is 7.72. The number of hydrogen-bond acceptors (Lipinski definition) is 3. The SMILES string of the molecule is CCCCC(NC(N)=O)C(=O)N1C2CCNCC1CC2. The first-order valence-electron chi connectivity index (χ1n) is 7.72. The van der Waals surface area contributed by atoms with Gasteiger partial charge in [-0.1, -0.05) is 19.8 Å². The number of amides is 3. The van der Waals surface area contributed by atoms with Gasteiger partial charge in [-0.25, -0.2) is 4.79 Å². The van der Waals surface area contributed by atoms with Gasteiger partial charge in [0.15, 0.2) is 0 Å². The molecule has 114 valence electrons. The highest BCUT2D eigenvalue weighted by molar-refractivity contribution is 5.87. The summed E-state index contributed by atoms with van der Waals surface area (Å²) in [6.45, 7) is 3.90. The van der Waals surface area contributed by atoms with E-state index in [2.05, 4.69) is 17.6 Å². The fourth-order valence-electron chi connectivity index (χ4n) is 3.36. The molecule has 0 saturated carbocycles. The van der Waals surface area contributed by atoms with E-state index in [0.29, 0.717) is 12.5 Å². The highest BCUT2D eigenvalue weighted by atomic mass is 16.2. The molecule has 3 unspecified atom stereocenters. The molecule has 20 heavy (non-hydrogen) atoms. The molecule has 2 fully saturated rings. The van der Waals surface area contributed by atoms with Gasteiger partial charge in [-0.3, -0.25) is 4.79 Å². The molecule has 3 amide bonds. The molecule has 0 spiro atoms. The van der Waals surface area contributed by atoms with Crippen LogP contribution in [0.4, 0.5) is 4.79 Å². The summed E-state index contributed by atoms with van der Waals surface area (Å²) in [6, 6.07) is -0.483. The minimum absolute atomic E-state index is 0.0495. The van der Waals surface area contributed by atoms with E-state index >= 15 is 0 Å². The van der Waals surface area contributed by atoms with Crippen molar-refractivity contribution in [2.75, 3.05) is 13.1 Å². The Kier molecular flexibility index (Phi) is 5.23. The minimum atomic E-state index is -0.611. The Morgan fingerprint density at radius 1 is 1.35 bits per heavy atom. The number of primary amides is 1. The van der Waals surface area contributed by atoms with Crippen LogP contribution in [-0.4, -0.2) is 48.1 Å². The molecule has 2 aliphatic heterocycles. The van der Waals surface area contributed by atoms with Crippen LogP contribution in [0.1, 0.15) is 45.4 Å². The van der Waals surface area contributed by atoms with Gasteiger partial charge in [0, 0.05) is 18.6 Å². The zero-order chi connectivity index (χ0) is 14.5. The molecule has 0 aromatic heterocycles. The standard InChI is InChI=1S/C14H26N4O2/c1-2-3-4-12(17-14(15)20)13(19)18-10-5-6-11(18)9-16-8-7-10/h10-12,16H,2-9H2,1H3,(H3,15,17,20). The van der Waals surface area contributed by atoms with Crippen LogP contribution in [-0.2, 0) is 4.79 Å². The van der Waals surface area contributed by atoms with Gasteiger partial charge < -0.3 is 21.3 Å².